The Balaban J connectivity index is 1.46. The average Bonchev–Trinajstić information content (AvgIpc) is 3.53. The highest BCUT2D eigenvalue weighted by Crippen LogP contribution is 2.25. The number of alkyl halides is 3. The van der Waals surface area contributed by atoms with E-state index in [1.165, 1.54) is 41.5 Å². The van der Waals surface area contributed by atoms with Gasteiger partial charge in [0.1, 0.15) is 12.9 Å². The number of amides is 1. The van der Waals surface area contributed by atoms with Gasteiger partial charge in [-0.1, -0.05) is 11.6 Å². The maximum absolute atomic E-state index is 13.5. The number of rotatable bonds is 7. The SMILES string of the molecule is CC1(C)CNCCN1C(=O)c1ncccc1-n1cnc(Cn2nc(-c3ccc(Cl)cc3)n(C[C@H](O)C(F)(F)F)c2=O)n1. The molecule has 5 rings (SSSR count). The number of pyridine rings is 1. The van der Waals surface area contributed by atoms with Gasteiger partial charge in [0, 0.05) is 36.4 Å². The quantitative estimate of drug-likeness (QED) is 0.327. The van der Waals surface area contributed by atoms with Crippen LogP contribution in [0.1, 0.15) is 30.2 Å². The lowest BCUT2D eigenvalue weighted by Crippen LogP contribution is -2.60. The van der Waals surface area contributed by atoms with Crippen molar-refractivity contribution in [2.75, 3.05) is 19.6 Å². The van der Waals surface area contributed by atoms with Crippen molar-refractivity contribution >= 4 is 17.5 Å². The predicted molar refractivity (Wildman–Crippen MR) is 145 cm³/mol. The fourth-order valence-corrected chi connectivity index (χ4v) is 4.78. The van der Waals surface area contributed by atoms with Crippen LogP contribution in [-0.2, 0) is 13.1 Å². The molecule has 1 atom stereocenters. The van der Waals surface area contributed by atoms with Crippen LogP contribution >= 0.6 is 11.6 Å². The Bertz CT molecular complexity index is 1650. The van der Waals surface area contributed by atoms with E-state index >= 15 is 0 Å². The topological polar surface area (TPSA) is 136 Å². The molecule has 3 aromatic heterocycles. The van der Waals surface area contributed by atoms with Gasteiger partial charge >= 0.3 is 11.9 Å². The minimum Gasteiger partial charge on any atom is -0.382 e. The summed E-state index contributed by atoms with van der Waals surface area (Å²) < 4.78 is 42.5. The summed E-state index contributed by atoms with van der Waals surface area (Å²) in [6, 6.07) is 9.31. The molecule has 0 unspecified atom stereocenters. The molecule has 1 aliphatic heterocycles. The van der Waals surface area contributed by atoms with E-state index in [0.29, 0.717) is 35.9 Å². The number of hydrogen-bond donors (Lipinski definition) is 2. The number of benzene rings is 1. The van der Waals surface area contributed by atoms with Crippen molar-refractivity contribution in [2.45, 2.75) is 44.8 Å². The lowest BCUT2D eigenvalue weighted by atomic mass is 9.99. The number of nitrogens with zero attached hydrogens (tertiary/aromatic N) is 8. The number of carbonyl (C=O) groups is 1. The highest BCUT2D eigenvalue weighted by molar-refractivity contribution is 6.30. The molecule has 0 bridgehead atoms. The number of carbonyl (C=O) groups excluding carboxylic acids is 1. The highest BCUT2D eigenvalue weighted by Gasteiger charge is 2.39. The zero-order valence-electron chi connectivity index (χ0n) is 22.6. The smallest absolute Gasteiger partial charge is 0.382 e. The number of aliphatic hydroxyl groups is 1. The van der Waals surface area contributed by atoms with Crippen LogP contribution < -0.4 is 11.0 Å². The molecule has 2 N–H and O–H groups in total. The molecule has 1 fully saturated rings. The van der Waals surface area contributed by atoms with Crippen LogP contribution in [0.25, 0.3) is 17.1 Å². The van der Waals surface area contributed by atoms with Crippen LogP contribution in [0.4, 0.5) is 13.2 Å². The second kappa shape index (κ2) is 11.3. The molecule has 4 heterocycles. The predicted octanol–water partition coefficient (Wildman–Crippen LogP) is 2.14. The zero-order valence-corrected chi connectivity index (χ0v) is 23.3. The number of halogens is 4. The van der Waals surface area contributed by atoms with Gasteiger partial charge in [-0.3, -0.25) is 9.36 Å². The maximum atomic E-state index is 13.5. The highest BCUT2D eigenvalue weighted by atomic mass is 35.5. The largest absolute Gasteiger partial charge is 0.416 e. The molecular weight excluding hydrogens is 579 g/mol. The Hall–Kier alpha value is -4.08. The van der Waals surface area contributed by atoms with E-state index in [4.69, 9.17) is 11.6 Å². The molecule has 222 valence electrons. The summed E-state index contributed by atoms with van der Waals surface area (Å²) in [5.74, 6) is -0.274. The Labute approximate surface area is 242 Å². The van der Waals surface area contributed by atoms with Gasteiger partial charge in [-0.2, -0.15) is 13.2 Å². The van der Waals surface area contributed by atoms with Gasteiger partial charge in [-0.15, -0.1) is 10.2 Å². The molecular formula is C26H27ClF3N9O3. The van der Waals surface area contributed by atoms with Gasteiger partial charge in [0.15, 0.2) is 23.4 Å². The third kappa shape index (κ3) is 5.93. The Morgan fingerprint density at radius 1 is 1.17 bits per heavy atom. The summed E-state index contributed by atoms with van der Waals surface area (Å²) in [6.45, 7) is 4.31. The Morgan fingerprint density at radius 2 is 1.90 bits per heavy atom. The summed E-state index contributed by atoms with van der Waals surface area (Å²) in [4.78, 5) is 37.0. The van der Waals surface area contributed by atoms with Crippen LogP contribution in [0.5, 0.6) is 0 Å². The number of piperazine rings is 1. The summed E-state index contributed by atoms with van der Waals surface area (Å²) in [5.41, 5.74) is -0.505. The first-order chi connectivity index (χ1) is 19.8. The van der Waals surface area contributed by atoms with Crippen molar-refractivity contribution < 1.29 is 23.1 Å². The van der Waals surface area contributed by atoms with Crippen molar-refractivity contribution in [3.05, 3.63) is 75.9 Å². The molecule has 0 saturated carbocycles. The van der Waals surface area contributed by atoms with Crippen molar-refractivity contribution in [3.63, 3.8) is 0 Å². The monoisotopic (exact) mass is 605 g/mol. The molecule has 16 heteroatoms. The molecule has 42 heavy (non-hydrogen) atoms. The second-order valence-electron chi connectivity index (χ2n) is 10.4. The molecule has 1 aliphatic rings. The van der Waals surface area contributed by atoms with E-state index in [1.807, 2.05) is 13.8 Å². The van der Waals surface area contributed by atoms with E-state index in [1.54, 1.807) is 17.0 Å². The first-order valence-electron chi connectivity index (χ1n) is 12.9. The number of hydrogen-bond acceptors (Lipinski definition) is 8. The molecule has 1 amide bonds. The summed E-state index contributed by atoms with van der Waals surface area (Å²) in [7, 11) is 0. The van der Waals surface area contributed by atoms with Gasteiger partial charge in [-0.25, -0.2) is 24.1 Å². The van der Waals surface area contributed by atoms with Crippen LogP contribution in [-0.4, -0.2) is 87.5 Å². The van der Waals surface area contributed by atoms with Crippen molar-refractivity contribution in [2.24, 2.45) is 0 Å². The van der Waals surface area contributed by atoms with Gasteiger partial charge in [-0.05, 0) is 50.2 Å². The normalized spacial score (nSPS) is 16.0. The van der Waals surface area contributed by atoms with Crippen LogP contribution in [0.2, 0.25) is 5.02 Å². The van der Waals surface area contributed by atoms with E-state index < -0.39 is 30.1 Å². The average molecular weight is 606 g/mol. The van der Waals surface area contributed by atoms with E-state index in [0.717, 1.165) is 9.25 Å². The van der Waals surface area contributed by atoms with Gasteiger partial charge in [0.05, 0.1) is 17.8 Å². The van der Waals surface area contributed by atoms with Gasteiger partial charge < -0.3 is 15.3 Å². The van der Waals surface area contributed by atoms with Crippen molar-refractivity contribution in [1.29, 1.82) is 0 Å². The second-order valence-corrected chi connectivity index (χ2v) is 10.8. The zero-order chi connectivity index (χ0) is 30.2. The maximum Gasteiger partial charge on any atom is 0.416 e. The first kappa shape index (κ1) is 29.4. The minimum atomic E-state index is -4.95. The molecule has 4 aromatic rings. The summed E-state index contributed by atoms with van der Waals surface area (Å²) in [5, 5.41) is 22.0. The van der Waals surface area contributed by atoms with Crippen LogP contribution in [0.3, 0.4) is 0 Å². The third-order valence-electron chi connectivity index (χ3n) is 6.87. The van der Waals surface area contributed by atoms with Crippen molar-refractivity contribution in [1.82, 2.24) is 44.3 Å². The van der Waals surface area contributed by atoms with E-state index in [2.05, 4.69) is 25.5 Å². The molecule has 12 nitrogen and oxygen atoms in total. The number of aromatic nitrogens is 7. The van der Waals surface area contributed by atoms with Gasteiger partial charge in [0.2, 0.25) is 0 Å². The van der Waals surface area contributed by atoms with Gasteiger partial charge in [0.25, 0.3) is 5.91 Å². The number of aliphatic hydroxyl groups excluding tert-OH is 1. The lowest BCUT2D eigenvalue weighted by Gasteiger charge is -2.42. The Kier molecular flexibility index (Phi) is 7.92. The number of nitrogens with one attached hydrogen (secondary N) is 1. The fourth-order valence-electron chi connectivity index (χ4n) is 4.65. The van der Waals surface area contributed by atoms with Crippen LogP contribution in [0, 0.1) is 0 Å². The molecule has 0 radical (unpaired) electrons. The van der Waals surface area contributed by atoms with E-state index in [-0.39, 0.29) is 29.8 Å². The van der Waals surface area contributed by atoms with E-state index in [9.17, 15) is 27.9 Å². The Morgan fingerprint density at radius 3 is 2.60 bits per heavy atom. The molecule has 0 spiro atoms. The first-order valence-corrected chi connectivity index (χ1v) is 13.3. The van der Waals surface area contributed by atoms with Crippen LogP contribution in [0.15, 0.2) is 53.7 Å². The summed E-state index contributed by atoms with van der Waals surface area (Å²) >= 11 is 5.94. The van der Waals surface area contributed by atoms with Crippen molar-refractivity contribution in [3.8, 4) is 17.1 Å². The molecule has 1 aromatic carbocycles. The molecule has 0 aliphatic carbocycles. The third-order valence-corrected chi connectivity index (χ3v) is 7.12. The minimum absolute atomic E-state index is 0.0989. The fraction of sp³-hybridized carbons (Fsp3) is 0.385. The summed E-state index contributed by atoms with van der Waals surface area (Å²) in [6.07, 6.45) is -4.89. The lowest BCUT2D eigenvalue weighted by molar-refractivity contribution is -0.207. The standard InChI is InChI=1S/C26H27ClF3N9O3/c1-25(2)14-31-10-11-37(25)23(41)21-18(4-3-9-32-21)39-15-33-20(34-39)13-38-24(42)36(12-19(40)26(28,29)30)22(35-38)16-5-7-17(27)8-6-16/h3-9,15,19,31,40H,10-14H2,1-2H3/t19-/m0/s1. The molecule has 1 saturated heterocycles.